The summed E-state index contributed by atoms with van der Waals surface area (Å²) in [6.45, 7) is 4.90. The molecule has 1 aromatic carbocycles. The standard InChI is InChI=1S/C15H22N2O2/c1-3-11-6-7-16-13(8-11)15(19)17-12-5-4-10(2)14(18)9-12/h4-5,9,11,13,16,18H,3,6-8H2,1-2H3,(H,17,19). The first-order valence-corrected chi connectivity index (χ1v) is 6.94. The molecular formula is C15H22N2O2. The second-order valence-corrected chi connectivity index (χ2v) is 5.30. The molecule has 1 fully saturated rings. The topological polar surface area (TPSA) is 61.4 Å². The van der Waals surface area contributed by atoms with E-state index < -0.39 is 0 Å². The number of nitrogens with one attached hydrogen (secondary N) is 2. The number of piperidine rings is 1. The summed E-state index contributed by atoms with van der Waals surface area (Å²) in [6, 6.07) is 5.08. The number of carbonyl (C=O) groups excluding carboxylic acids is 1. The van der Waals surface area contributed by atoms with Gasteiger partial charge >= 0.3 is 0 Å². The van der Waals surface area contributed by atoms with Gasteiger partial charge in [-0.25, -0.2) is 0 Å². The van der Waals surface area contributed by atoms with E-state index >= 15 is 0 Å². The Hall–Kier alpha value is -1.55. The third-order valence-electron chi connectivity index (χ3n) is 3.88. The van der Waals surface area contributed by atoms with Crippen molar-refractivity contribution in [3.05, 3.63) is 23.8 Å². The second kappa shape index (κ2) is 6.06. The summed E-state index contributed by atoms with van der Waals surface area (Å²) in [5, 5.41) is 15.8. The molecule has 1 aliphatic rings. The predicted octanol–water partition coefficient (Wildman–Crippen LogP) is 2.42. The molecule has 2 atom stereocenters. The van der Waals surface area contributed by atoms with E-state index in [0.29, 0.717) is 11.6 Å². The van der Waals surface area contributed by atoms with E-state index in [9.17, 15) is 9.90 Å². The van der Waals surface area contributed by atoms with Crippen molar-refractivity contribution in [1.82, 2.24) is 5.32 Å². The molecule has 2 unspecified atom stereocenters. The summed E-state index contributed by atoms with van der Waals surface area (Å²) >= 11 is 0. The fourth-order valence-corrected chi connectivity index (χ4v) is 2.48. The van der Waals surface area contributed by atoms with E-state index in [1.807, 2.05) is 13.0 Å². The summed E-state index contributed by atoms with van der Waals surface area (Å²) in [5.74, 6) is 0.825. The highest BCUT2D eigenvalue weighted by Crippen LogP contribution is 2.23. The molecule has 104 valence electrons. The van der Waals surface area contributed by atoms with Gasteiger partial charge in [-0.3, -0.25) is 4.79 Å². The van der Waals surface area contributed by atoms with Gasteiger partial charge in [-0.1, -0.05) is 19.4 Å². The molecular weight excluding hydrogens is 240 g/mol. The lowest BCUT2D eigenvalue weighted by Crippen LogP contribution is -2.46. The molecule has 0 radical (unpaired) electrons. The lowest BCUT2D eigenvalue weighted by atomic mass is 9.90. The quantitative estimate of drug-likeness (QED) is 0.784. The molecule has 0 aliphatic carbocycles. The normalized spacial score (nSPS) is 23.1. The smallest absolute Gasteiger partial charge is 0.241 e. The van der Waals surface area contributed by atoms with Crippen LogP contribution >= 0.6 is 0 Å². The molecule has 1 aliphatic heterocycles. The lowest BCUT2D eigenvalue weighted by Gasteiger charge is -2.28. The van der Waals surface area contributed by atoms with Crippen molar-refractivity contribution < 1.29 is 9.90 Å². The van der Waals surface area contributed by atoms with Crippen LogP contribution in [0.3, 0.4) is 0 Å². The molecule has 1 heterocycles. The van der Waals surface area contributed by atoms with Crippen LogP contribution in [0.25, 0.3) is 0 Å². The van der Waals surface area contributed by atoms with Crippen molar-refractivity contribution in [2.75, 3.05) is 11.9 Å². The largest absolute Gasteiger partial charge is 0.508 e. The average molecular weight is 262 g/mol. The first kappa shape index (κ1) is 13.9. The third-order valence-corrected chi connectivity index (χ3v) is 3.88. The van der Waals surface area contributed by atoms with Crippen LogP contribution < -0.4 is 10.6 Å². The minimum absolute atomic E-state index is 0.0126. The molecule has 2 rings (SSSR count). The first-order chi connectivity index (χ1) is 9.10. The van der Waals surface area contributed by atoms with Crippen molar-refractivity contribution in [1.29, 1.82) is 0 Å². The lowest BCUT2D eigenvalue weighted by molar-refractivity contribution is -0.119. The number of benzene rings is 1. The summed E-state index contributed by atoms with van der Waals surface area (Å²) in [7, 11) is 0. The number of aryl methyl sites for hydroxylation is 1. The highest BCUT2D eigenvalue weighted by molar-refractivity contribution is 5.95. The molecule has 19 heavy (non-hydrogen) atoms. The van der Waals surface area contributed by atoms with E-state index in [1.165, 1.54) is 0 Å². The molecule has 1 aromatic rings. The zero-order valence-electron chi connectivity index (χ0n) is 11.6. The van der Waals surface area contributed by atoms with Crippen molar-refractivity contribution in [2.45, 2.75) is 39.2 Å². The van der Waals surface area contributed by atoms with Crippen LogP contribution in [0.1, 0.15) is 31.7 Å². The van der Waals surface area contributed by atoms with Crippen LogP contribution in [-0.4, -0.2) is 23.6 Å². The minimum Gasteiger partial charge on any atom is -0.508 e. The summed E-state index contributed by atoms with van der Waals surface area (Å²) in [6.07, 6.45) is 3.16. The fourth-order valence-electron chi connectivity index (χ4n) is 2.48. The van der Waals surface area contributed by atoms with E-state index in [0.717, 1.165) is 31.4 Å². The summed E-state index contributed by atoms with van der Waals surface area (Å²) in [5.41, 5.74) is 1.45. The van der Waals surface area contributed by atoms with Crippen LogP contribution in [0.4, 0.5) is 5.69 Å². The number of carbonyl (C=O) groups is 1. The van der Waals surface area contributed by atoms with E-state index in [2.05, 4.69) is 17.6 Å². The van der Waals surface area contributed by atoms with Gasteiger partial charge in [-0.05, 0) is 43.9 Å². The van der Waals surface area contributed by atoms with Gasteiger partial charge in [0.05, 0.1) is 6.04 Å². The molecule has 0 bridgehead atoms. The van der Waals surface area contributed by atoms with Crippen molar-refractivity contribution >= 4 is 11.6 Å². The second-order valence-electron chi connectivity index (χ2n) is 5.30. The number of rotatable bonds is 3. The highest BCUT2D eigenvalue weighted by Gasteiger charge is 2.25. The van der Waals surface area contributed by atoms with Gasteiger partial charge in [0.2, 0.25) is 5.91 Å². The Morgan fingerprint density at radius 2 is 2.32 bits per heavy atom. The van der Waals surface area contributed by atoms with Crippen LogP contribution in [0, 0.1) is 12.8 Å². The Morgan fingerprint density at radius 1 is 1.53 bits per heavy atom. The number of hydrogen-bond acceptors (Lipinski definition) is 3. The maximum absolute atomic E-state index is 12.2. The SMILES string of the molecule is CCC1CCNC(C(=O)Nc2ccc(C)c(O)c2)C1. The fraction of sp³-hybridized carbons (Fsp3) is 0.533. The molecule has 4 heteroatoms. The van der Waals surface area contributed by atoms with Crippen LogP contribution in [-0.2, 0) is 4.79 Å². The Balaban J connectivity index is 1.98. The van der Waals surface area contributed by atoms with Gasteiger partial charge in [0.1, 0.15) is 5.75 Å². The maximum Gasteiger partial charge on any atom is 0.241 e. The minimum atomic E-state index is -0.123. The van der Waals surface area contributed by atoms with E-state index in [1.54, 1.807) is 12.1 Å². The number of anilines is 1. The van der Waals surface area contributed by atoms with Gasteiger partial charge < -0.3 is 15.7 Å². The Labute approximate surface area is 114 Å². The summed E-state index contributed by atoms with van der Waals surface area (Å²) < 4.78 is 0. The highest BCUT2D eigenvalue weighted by atomic mass is 16.3. The van der Waals surface area contributed by atoms with Crippen molar-refractivity contribution in [3.8, 4) is 5.75 Å². The van der Waals surface area contributed by atoms with Crippen LogP contribution in [0.5, 0.6) is 5.75 Å². The average Bonchev–Trinajstić information content (AvgIpc) is 2.43. The van der Waals surface area contributed by atoms with Gasteiger partial charge in [-0.15, -0.1) is 0 Å². The molecule has 0 aromatic heterocycles. The molecule has 3 N–H and O–H groups in total. The monoisotopic (exact) mass is 262 g/mol. The third kappa shape index (κ3) is 3.47. The van der Waals surface area contributed by atoms with Gasteiger partial charge in [0.15, 0.2) is 0 Å². The van der Waals surface area contributed by atoms with Gasteiger partial charge in [-0.2, -0.15) is 0 Å². The van der Waals surface area contributed by atoms with Crippen molar-refractivity contribution in [3.63, 3.8) is 0 Å². The molecule has 0 saturated carbocycles. The zero-order chi connectivity index (χ0) is 13.8. The van der Waals surface area contributed by atoms with Gasteiger partial charge in [0, 0.05) is 11.8 Å². The zero-order valence-corrected chi connectivity index (χ0v) is 11.6. The van der Waals surface area contributed by atoms with Crippen LogP contribution in [0.2, 0.25) is 0 Å². The number of amides is 1. The van der Waals surface area contributed by atoms with E-state index in [4.69, 9.17) is 0 Å². The maximum atomic E-state index is 12.2. The Bertz CT molecular complexity index is 459. The molecule has 0 spiro atoms. The Morgan fingerprint density at radius 3 is 3.00 bits per heavy atom. The molecule has 4 nitrogen and oxygen atoms in total. The van der Waals surface area contributed by atoms with Crippen molar-refractivity contribution in [2.24, 2.45) is 5.92 Å². The number of hydrogen-bond donors (Lipinski definition) is 3. The molecule has 1 amide bonds. The van der Waals surface area contributed by atoms with E-state index in [-0.39, 0.29) is 17.7 Å². The van der Waals surface area contributed by atoms with Crippen LogP contribution in [0.15, 0.2) is 18.2 Å². The predicted molar refractivity (Wildman–Crippen MR) is 76.3 cm³/mol. The number of phenols is 1. The first-order valence-electron chi connectivity index (χ1n) is 6.94. The summed E-state index contributed by atoms with van der Waals surface area (Å²) in [4.78, 5) is 12.2. The van der Waals surface area contributed by atoms with Gasteiger partial charge in [0.25, 0.3) is 0 Å². The molecule has 1 saturated heterocycles. The Kier molecular flexibility index (Phi) is 4.43. The number of phenolic OH excluding ortho intramolecular Hbond substituents is 1. The number of aromatic hydroxyl groups is 1.